The van der Waals surface area contributed by atoms with E-state index in [9.17, 15) is 9.90 Å². The smallest absolute Gasteiger partial charge is 0.303 e. The molecule has 3 aromatic carbocycles. The van der Waals surface area contributed by atoms with Gasteiger partial charge in [-0.2, -0.15) is 0 Å². The van der Waals surface area contributed by atoms with Gasteiger partial charge in [-0.25, -0.2) is 4.39 Å². The van der Waals surface area contributed by atoms with Gasteiger partial charge in [-0.05, 0) is 89.1 Å². The number of carboxylic acid groups (broad SMARTS) is 1. The van der Waals surface area contributed by atoms with Crippen LogP contribution in [0.25, 0.3) is 11.1 Å². The van der Waals surface area contributed by atoms with Crippen molar-refractivity contribution in [1.29, 1.82) is 0 Å². The summed E-state index contributed by atoms with van der Waals surface area (Å²) >= 11 is 0. The molecule has 1 N–H and O–H groups in total. The maximum Gasteiger partial charge on any atom is 0.303 e. The molecule has 0 aromatic heterocycles. The van der Waals surface area contributed by atoms with Crippen LogP contribution in [0.5, 0.6) is 11.5 Å². The van der Waals surface area contributed by atoms with Crippen LogP contribution in [0.3, 0.4) is 0 Å². The van der Waals surface area contributed by atoms with E-state index < -0.39 is 5.97 Å². The standard InChI is InChI=1S/C33H39FO5/c1-6-33(2,3)32(38-5)29-18-25(12-14-26(29)28-17-24(37-4)13-15-30(28)34)39-20-21-8-7-9-23(16-21)27(19-31(35)36)22-10-11-22/h7-9,12-18,22,27,32H,6,10-11,19-20H2,1-5H3,(H,35,36). The van der Waals surface area contributed by atoms with Gasteiger partial charge in [0, 0.05) is 12.7 Å². The highest BCUT2D eigenvalue weighted by Gasteiger charge is 2.34. The number of carboxylic acids is 1. The molecule has 208 valence electrons. The SMILES string of the molecule is CCC(C)(C)C(OC)c1cc(OCc2cccc(C(CC(=O)O)C3CC3)c2)ccc1-c1cc(OC)ccc1F. The highest BCUT2D eigenvalue weighted by molar-refractivity contribution is 5.71. The first kappa shape index (κ1) is 28.6. The zero-order valence-corrected chi connectivity index (χ0v) is 23.5. The van der Waals surface area contributed by atoms with Gasteiger partial charge in [0.15, 0.2) is 0 Å². The zero-order valence-electron chi connectivity index (χ0n) is 23.5. The maximum absolute atomic E-state index is 15.1. The van der Waals surface area contributed by atoms with Crippen LogP contribution in [0.4, 0.5) is 4.39 Å². The molecule has 2 unspecified atom stereocenters. The molecule has 0 radical (unpaired) electrons. The number of halogens is 1. The van der Waals surface area contributed by atoms with Gasteiger partial charge >= 0.3 is 5.97 Å². The number of aliphatic carboxylic acids is 1. The fourth-order valence-corrected chi connectivity index (χ4v) is 5.31. The molecule has 1 aliphatic carbocycles. The summed E-state index contributed by atoms with van der Waals surface area (Å²) in [5.74, 6) is 0.603. The summed E-state index contributed by atoms with van der Waals surface area (Å²) in [6.45, 7) is 6.72. The van der Waals surface area contributed by atoms with Crippen molar-refractivity contribution in [2.75, 3.05) is 14.2 Å². The molecule has 0 aliphatic heterocycles. The van der Waals surface area contributed by atoms with Gasteiger partial charge in [-0.1, -0.05) is 51.1 Å². The van der Waals surface area contributed by atoms with Crippen LogP contribution in [-0.2, 0) is 16.1 Å². The predicted octanol–water partition coefficient (Wildman–Crippen LogP) is 8.17. The first-order valence-electron chi connectivity index (χ1n) is 13.6. The van der Waals surface area contributed by atoms with E-state index in [0.29, 0.717) is 29.6 Å². The minimum atomic E-state index is -0.767. The van der Waals surface area contributed by atoms with Gasteiger partial charge < -0.3 is 19.3 Å². The molecular formula is C33H39FO5. The van der Waals surface area contributed by atoms with Gasteiger partial charge in [-0.15, -0.1) is 0 Å². The minimum Gasteiger partial charge on any atom is -0.497 e. The molecule has 2 atom stereocenters. The van der Waals surface area contributed by atoms with Gasteiger partial charge in [0.25, 0.3) is 0 Å². The van der Waals surface area contributed by atoms with E-state index in [2.05, 4.69) is 26.8 Å². The summed E-state index contributed by atoms with van der Waals surface area (Å²) in [5.41, 5.74) is 3.84. The number of hydrogen-bond donors (Lipinski definition) is 1. The first-order valence-corrected chi connectivity index (χ1v) is 13.6. The Kier molecular flexibility index (Phi) is 8.96. The Morgan fingerprint density at radius 2 is 1.77 bits per heavy atom. The van der Waals surface area contributed by atoms with E-state index in [-0.39, 0.29) is 29.7 Å². The third-order valence-corrected chi connectivity index (χ3v) is 8.00. The quantitative estimate of drug-likeness (QED) is 0.240. The first-order chi connectivity index (χ1) is 18.7. The molecule has 3 aromatic rings. The highest BCUT2D eigenvalue weighted by Crippen LogP contribution is 2.46. The van der Waals surface area contributed by atoms with Crippen molar-refractivity contribution in [2.24, 2.45) is 11.3 Å². The average Bonchev–Trinajstić information content (AvgIpc) is 3.77. The predicted molar refractivity (Wildman–Crippen MR) is 151 cm³/mol. The number of rotatable bonds is 13. The molecular weight excluding hydrogens is 495 g/mol. The molecule has 39 heavy (non-hydrogen) atoms. The van der Waals surface area contributed by atoms with E-state index in [1.165, 1.54) is 6.07 Å². The van der Waals surface area contributed by atoms with Gasteiger partial charge in [0.2, 0.25) is 0 Å². The normalized spacial score (nSPS) is 15.0. The van der Waals surface area contributed by atoms with E-state index in [0.717, 1.165) is 41.5 Å². The Labute approximate surface area is 230 Å². The van der Waals surface area contributed by atoms with Crippen LogP contribution >= 0.6 is 0 Å². The third kappa shape index (κ3) is 6.80. The molecule has 0 saturated heterocycles. The topological polar surface area (TPSA) is 65.0 Å². The summed E-state index contributed by atoms with van der Waals surface area (Å²) in [4.78, 5) is 11.4. The molecule has 1 fully saturated rings. The van der Waals surface area contributed by atoms with Crippen LogP contribution in [0.15, 0.2) is 60.7 Å². The summed E-state index contributed by atoms with van der Waals surface area (Å²) in [6, 6.07) is 18.5. The lowest BCUT2D eigenvalue weighted by Crippen LogP contribution is -2.23. The van der Waals surface area contributed by atoms with E-state index in [4.69, 9.17) is 14.2 Å². The molecule has 4 rings (SSSR count). The van der Waals surface area contributed by atoms with E-state index in [1.54, 1.807) is 26.4 Å². The van der Waals surface area contributed by atoms with E-state index in [1.807, 2.05) is 36.4 Å². The van der Waals surface area contributed by atoms with Crippen molar-refractivity contribution in [1.82, 2.24) is 0 Å². The second kappa shape index (κ2) is 12.2. The Morgan fingerprint density at radius 3 is 2.41 bits per heavy atom. The van der Waals surface area contributed by atoms with Gasteiger partial charge in [0.1, 0.15) is 23.9 Å². The summed E-state index contributed by atoms with van der Waals surface area (Å²) < 4.78 is 32.7. The monoisotopic (exact) mass is 534 g/mol. The van der Waals surface area contributed by atoms with Crippen molar-refractivity contribution in [3.63, 3.8) is 0 Å². The number of benzene rings is 3. The van der Waals surface area contributed by atoms with Crippen molar-refractivity contribution in [2.45, 2.75) is 65.1 Å². The maximum atomic E-state index is 15.1. The van der Waals surface area contributed by atoms with Gasteiger partial charge in [-0.3, -0.25) is 4.79 Å². The minimum absolute atomic E-state index is 0.0323. The summed E-state index contributed by atoms with van der Waals surface area (Å²) in [6.07, 6.45) is 2.87. The zero-order chi connectivity index (χ0) is 28.2. The van der Waals surface area contributed by atoms with Crippen molar-refractivity contribution in [3.05, 3.63) is 83.2 Å². The molecule has 0 heterocycles. The highest BCUT2D eigenvalue weighted by atomic mass is 19.1. The van der Waals surface area contributed by atoms with Crippen LogP contribution in [0.2, 0.25) is 0 Å². The Morgan fingerprint density at radius 1 is 1.03 bits per heavy atom. The van der Waals surface area contributed by atoms with Crippen LogP contribution < -0.4 is 9.47 Å². The van der Waals surface area contributed by atoms with Crippen LogP contribution in [0.1, 0.15) is 75.2 Å². The summed E-state index contributed by atoms with van der Waals surface area (Å²) in [7, 11) is 3.25. The van der Waals surface area contributed by atoms with Crippen LogP contribution in [0, 0.1) is 17.2 Å². The lowest BCUT2D eigenvalue weighted by atomic mass is 9.78. The van der Waals surface area contributed by atoms with Crippen molar-refractivity contribution < 1.29 is 28.5 Å². The largest absolute Gasteiger partial charge is 0.497 e. The fourth-order valence-electron chi connectivity index (χ4n) is 5.31. The number of carbonyl (C=O) groups is 1. The van der Waals surface area contributed by atoms with Crippen LogP contribution in [-0.4, -0.2) is 25.3 Å². The number of ether oxygens (including phenoxy) is 3. The molecule has 0 spiro atoms. The second-order valence-corrected chi connectivity index (χ2v) is 11.1. The second-order valence-electron chi connectivity index (χ2n) is 11.1. The third-order valence-electron chi connectivity index (χ3n) is 8.00. The van der Waals surface area contributed by atoms with E-state index >= 15 is 4.39 Å². The molecule has 5 nitrogen and oxygen atoms in total. The molecule has 6 heteroatoms. The lowest BCUT2D eigenvalue weighted by Gasteiger charge is -2.34. The number of hydrogen-bond acceptors (Lipinski definition) is 4. The molecule has 0 bridgehead atoms. The number of methoxy groups -OCH3 is 2. The Bertz CT molecular complexity index is 1300. The summed E-state index contributed by atoms with van der Waals surface area (Å²) in [5, 5.41) is 9.40. The fraction of sp³-hybridized carbons (Fsp3) is 0.424. The van der Waals surface area contributed by atoms with Gasteiger partial charge in [0.05, 0.1) is 19.6 Å². The Balaban J connectivity index is 1.66. The van der Waals surface area contributed by atoms with Crippen molar-refractivity contribution >= 4 is 5.97 Å². The van der Waals surface area contributed by atoms with Crippen molar-refractivity contribution in [3.8, 4) is 22.6 Å². The lowest BCUT2D eigenvalue weighted by molar-refractivity contribution is -0.137. The molecule has 0 amide bonds. The average molecular weight is 535 g/mol. The molecule has 1 saturated carbocycles. The molecule has 1 aliphatic rings. The Hall–Kier alpha value is -3.38.